The van der Waals surface area contributed by atoms with Crippen LogP contribution in [-0.2, 0) is 11.3 Å². The molecule has 2 aromatic heterocycles. The molecular formula is C20H17N5O5S. The molecule has 0 saturated carbocycles. The van der Waals surface area contributed by atoms with Crippen LogP contribution in [0.15, 0.2) is 58.8 Å². The Hall–Kier alpha value is -3.99. The molecule has 1 aromatic carbocycles. The molecule has 11 heteroatoms. The van der Waals surface area contributed by atoms with Crippen LogP contribution in [0.25, 0.3) is 6.08 Å². The molecule has 1 saturated heterocycles. The summed E-state index contributed by atoms with van der Waals surface area (Å²) in [6.07, 6.45) is 3.04. The summed E-state index contributed by atoms with van der Waals surface area (Å²) in [5, 5.41) is 17.7. The highest BCUT2D eigenvalue weighted by Crippen LogP contribution is 2.31. The number of hydrogen-bond acceptors (Lipinski definition) is 7. The van der Waals surface area contributed by atoms with Crippen LogP contribution in [0.3, 0.4) is 0 Å². The van der Waals surface area contributed by atoms with Gasteiger partial charge < -0.3 is 24.6 Å². The Labute approximate surface area is 181 Å². The number of amides is 1. The van der Waals surface area contributed by atoms with Gasteiger partial charge in [0.1, 0.15) is 29.5 Å². The number of benzene rings is 1. The number of anilines is 1. The standard InChI is InChI=1S/C20H17N5O5S/c1-2-29-17-6-4-3-5-16(17)24-19(26)15(21-20(24)31)11-13-7-8-14(30-13)12-23-10-9-18(22-23)25(27)28/h3-11H,2,12H2,1H3,(H,21,31)/b15-11+. The summed E-state index contributed by atoms with van der Waals surface area (Å²) in [4.78, 5) is 24.5. The normalized spacial score (nSPS) is 14.9. The Morgan fingerprint density at radius 1 is 1.29 bits per heavy atom. The van der Waals surface area contributed by atoms with Crippen LogP contribution in [-0.4, -0.2) is 32.3 Å². The molecule has 3 heterocycles. The molecule has 1 fully saturated rings. The number of thiocarbonyl (C=S) groups is 1. The second kappa shape index (κ2) is 8.40. The molecule has 10 nitrogen and oxygen atoms in total. The van der Waals surface area contributed by atoms with Crippen LogP contribution in [0.1, 0.15) is 18.4 Å². The molecule has 158 valence electrons. The van der Waals surface area contributed by atoms with Gasteiger partial charge in [-0.05, 0) is 48.3 Å². The van der Waals surface area contributed by atoms with E-state index in [1.807, 2.05) is 13.0 Å². The molecule has 3 aromatic rings. The SMILES string of the molecule is CCOc1ccccc1N1C(=O)/C(=C\c2ccc(Cn3ccc([N+](=O)[O-])n3)o2)NC1=S. The highest BCUT2D eigenvalue weighted by atomic mass is 32.1. The summed E-state index contributed by atoms with van der Waals surface area (Å²) in [7, 11) is 0. The number of nitrogens with one attached hydrogen (secondary N) is 1. The minimum Gasteiger partial charge on any atom is -0.492 e. The maximum atomic E-state index is 13.0. The monoisotopic (exact) mass is 439 g/mol. The van der Waals surface area contributed by atoms with Crippen molar-refractivity contribution in [3.8, 4) is 5.75 Å². The van der Waals surface area contributed by atoms with Crippen molar-refractivity contribution in [3.63, 3.8) is 0 Å². The predicted molar refractivity (Wildman–Crippen MR) is 115 cm³/mol. The summed E-state index contributed by atoms with van der Waals surface area (Å²) >= 11 is 5.35. The first kappa shape index (κ1) is 20.3. The lowest BCUT2D eigenvalue weighted by molar-refractivity contribution is -0.389. The highest BCUT2D eigenvalue weighted by molar-refractivity contribution is 7.80. The van der Waals surface area contributed by atoms with Crippen molar-refractivity contribution in [1.29, 1.82) is 0 Å². The number of carbonyl (C=O) groups is 1. The molecule has 1 aliphatic heterocycles. The van der Waals surface area contributed by atoms with Crippen molar-refractivity contribution < 1.29 is 18.9 Å². The van der Waals surface area contributed by atoms with E-state index in [-0.39, 0.29) is 29.1 Å². The van der Waals surface area contributed by atoms with Crippen LogP contribution in [0, 0.1) is 10.1 Å². The minimum atomic E-state index is -0.565. The first-order valence-electron chi connectivity index (χ1n) is 9.31. The van der Waals surface area contributed by atoms with E-state index in [1.165, 1.54) is 21.8 Å². The minimum absolute atomic E-state index is 0.213. The number of rotatable bonds is 7. The number of carbonyl (C=O) groups excluding carboxylic acids is 1. The second-order valence-electron chi connectivity index (χ2n) is 6.46. The molecule has 4 rings (SSSR count). The van der Waals surface area contributed by atoms with Crippen LogP contribution in [0.4, 0.5) is 11.5 Å². The number of furan rings is 1. The average Bonchev–Trinajstić information content (AvgIpc) is 3.44. The molecular weight excluding hydrogens is 422 g/mol. The molecule has 0 radical (unpaired) electrons. The van der Waals surface area contributed by atoms with Gasteiger partial charge in [-0.1, -0.05) is 12.1 Å². The van der Waals surface area contributed by atoms with Crippen LogP contribution in [0.2, 0.25) is 0 Å². The third-order valence-corrected chi connectivity index (χ3v) is 4.67. The van der Waals surface area contributed by atoms with Gasteiger partial charge in [-0.3, -0.25) is 4.79 Å². The van der Waals surface area contributed by atoms with Crippen molar-refractivity contribution in [2.45, 2.75) is 13.5 Å². The van der Waals surface area contributed by atoms with Gasteiger partial charge in [0.15, 0.2) is 5.11 Å². The maximum absolute atomic E-state index is 13.0. The lowest BCUT2D eigenvalue weighted by atomic mass is 10.2. The largest absolute Gasteiger partial charge is 0.492 e. The Morgan fingerprint density at radius 2 is 2.10 bits per heavy atom. The molecule has 31 heavy (non-hydrogen) atoms. The van der Waals surface area contributed by atoms with Crippen molar-refractivity contribution in [3.05, 3.63) is 76.0 Å². The van der Waals surface area contributed by atoms with Gasteiger partial charge in [0.05, 0.1) is 29.7 Å². The van der Waals surface area contributed by atoms with Gasteiger partial charge in [0, 0.05) is 6.08 Å². The third-order valence-electron chi connectivity index (χ3n) is 4.38. The zero-order chi connectivity index (χ0) is 22.0. The predicted octanol–water partition coefficient (Wildman–Crippen LogP) is 3.09. The van der Waals surface area contributed by atoms with Gasteiger partial charge in [-0.2, -0.15) is 4.68 Å². The topological polar surface area (TPSA) is 116 Å². The smallest absolute Gasteiger partial charge is 0.389 e. The van der Waals surface area contributed by atoms with Crippen LogP contribution in [0.5, 0.6) is 5.75 Å². The van der Waals surface area contributed by atoms with Crippen LogP contribution < -0.4 is 15.0 Å². The molecule has 1 N–H and O–H groups in total. The summed E-state index contributed by atoms with van der Waals surface area (Å²) in [5.41, 5.74) is 0.808. The lowest BCUT2D eigenvalue weighted by Crippen LogP contribution is -2.30. The molecule has 0 bridgehead atoms. The van der Waals surface area contributed by atoms with Gasteiger partial charge in [-0.25, -0.2) is 4.90 Å². The van der Waals surface area contributed by atoms with Crippen molar-refractivity contribution in [2.24, 2.45) is 0 Å². The average molecular weight is 439 g/mol. The fourth-order valence-electron chi connectivity index (χ4n) is 3.07. The van der Waals surface area contributed by atoms with Gasteiger partial charge in [-0.15, -0.1) is 0 Å². The van der Waals surface area contributed by atoms with E-state index in [2.05, 4.69) is 10.4 Å². The van der Waals surface area contributed by atoms with Crippen molar-refractivity contribution >= 4 is 40.8 Å². The Balaban J connectivity index is 1.53. The second-order valence-corrected chi connectivity index (χ2v) is 6.85. The van der Waals surface area contributed by atoms with E-state index in [0.29, 0.717) is 29.6 Å². The first-order valence-corrected chi connectivity index (χ1v) is 9.72. The number of para-hydroxylation sites is 2. The van der Waals surface area contributed by atoms with E-state index in [4.69, 9.17) is 21.4 Å². The van der Waals surface area contributed by atoms with Crippen LogP contribution >= 0.6 is 12.2 Å². The molecule has 0 unspecified atom stereocenters. The number of nitro groups is 1. The van der Waals surface area contributed by atoms with E-state index >= 15 is 0 Å². The first-order chi connectivity index (χ1) is 15.0. The number of hydrogen-bond donors (Lipinski definition) is 1. The third kappa shape index (κ3) is 4.16. The highest BCUT2D eigenvalue weighted by Gasteiger charge is 2.34. The Morgan fingerprint density at radius 3 is 2.84 bits per heavy atom. The van der Waals surface area contributed by atoms with Gasteiger partial charge in [0.25, 0.3) is 5.91 Å². The summed E-state index contributed by atoms with van der Waals surface area (Å²) in [5.74, 6) is 0.928. The van der Waals surface area contributed by atoms with Gasteiger partial charge >= 0.3 is 5.82 Å². The van der Waals surface area contributed by atoms with E-state index < -0.39 is 4.92 Å². The summed E-state index contributed by atoms with van der Waals surface area (Å²) < 4.78 is 12.7. The number of nitrogens with zero attached hydrogens (tertiary/aromatic N) is 4. The van der Waals surface area contributed by atoms with Crippen molar-refractivity contribution in [2.75, 3.05) is 11.5 Å². The molecule has 0 aliphatic carbocycles. The molecule has 0 spiro atoms. The fraction of sp³-hybridized carbons (Fsp3) is 0.150. The fourth-order valence-corrected chi connectivity index (χ4v) is 3.36. The van der Waals surface area contributed by atoms with E-state index in [9.17, 15) is 14.9 Å². The summed E-state index contributed by atoms with van der Waals surface area (Å²) in [6.45, 7) is 2.53. The number of aromatic nitrogens is 2. The van der Waals surface area contributed by atoms with Gasteiger partial charge in [0.2, 0.25) is 0 Å². The Kier molecular flexibility index (Phi) is 5.50. The molecule has 1 aliphatic rings. The summed E-state index contributed by atoms with van der Waals surface area (Å²) in [6, 6.07) is 11.9. The Bertz CT molecular complexity index is 1200. The molecule has 1 amide bonds. The number of ether oxygens (including phenoxy) is 1. The molecule has 0 atom stereocenters. The maximum Gasteiger partial charge on any atom is 0.389 e. The van der Waals surface area contributed by atoms with E-state index in [0.717, 1.165) is 0 Å². The van der Waals surface area contributed by atoms with E-state index in [1.54, 1.807) is 36.4 Å². The zero-order valence-corrected chi connectivity index (χ0v) is 17.2. The quantitative estimate of drug-likeness (QED) is 0.258. The van der Waals surface area contributed by atoms with Crippen molar-refractivity contribution in [1.82, 2.24) is 15.1 Å². The lowest BCUT2D eigenvalue weighted by Gasteiger charge is -2.17. The zero-order valence-electron chi connectivity index (χ0n) is 16.3.